The van der Waals surface area contributed by atoms with Crippen molar-refractivity contribution in [2.75, 3.05) is 26.2 Å². The third kappa shape index (κ3) is 3.42. The molecule has 1 heterocycles. The fourth-order valence-corrected chi connectivity index (χ4v) is 3.08. The number of carboxylic acid groups (broad SMARTS) is 1. The van der Waals surface area contributed by atoms with Crippen LogP contribution in [0.25, 0.3) is 0 Å². The number of carbonyl (C=O) groups excluding carboxylic acids is 1. The molecule has 1 saturated carbocycles. The van der Waals surface area contributed by atoms with Gasteiger partial charge in [0.05, 0.1) is 0 Å². The van der Waals surface area contributed by atoms with Crippen molar-refractivity contribution in [3.63, 3.8) is 0 Å². The molecule has 0 aromatic carbocycles. The van der Waals surface area contributed by atoms with Crippen molar-refractivity contribution in [2.24, 2.45) is 5.92 Å². The molecule has 6 nitrogen and oxygen atoms in total. The summed E-state index contributed by atoms with van der Waals surface area (Å²) in [5, 5.41) is 12.1. The molecule has 0 aromatic rings. The molecular weight excluding hydrogens is 258 g/mol. The van der Waals surface area contributed by atoms with Crippen molar-refractivity contribution in [3.05, 3.63) is 0 Å². The van der Waals surface area contributed by atoms with E-state index in [4.69, 9.17) is 5.11 Å². The van der Waals surface area contributed by atoms with Gasteiger partial charge in [-0.15, -0.1) is 0 Å². The van der Waals surface area contributed by atoms with Gasteiger partial charge < -0.3 is 15.3 Å². The minimum Gasteiger partial charge on any atom is -0.480 e. The Hall–Kier alpha value is -1.30. The van der Waals surface area contributed by atoms with Gasteiger partial charge in [-0.2, -0.15) is 0 Å². The number of amides is 2. The number of carbonyl (C=O) groups is 2. The smallest absolute Gasteiger partial charge is 0.320 e. The lowest BCUT2D eigenvalue weighted by Gasteiger charge is -2.37. The molecule has 2 rings (SSSR count). The second kappa shape index (κ2) is 6.43. The molecular formula is C14H25N3O3. The molecule has 0 radical (unpaired) electrons. The fourth-order valence-electron chi connectivity index (χ4n) is 3.08. The van der Waals surface area contributed by atoms with Crippen LogP contribution in [0.4, 0.5) is 4.79 Å². The largest absolute Gasteiger partial charge is 0.480 e. The molecule has 2 aliphatic rings. The van der Waals surface area contributed by atoms with E-state index in [0.29, 0.717) is 38.1 Å². The molecule has 2 amide bonds. The summed E-state index contributed by atoms with van der Waals surface area (Å²) in [4.78, 5) is 26.8. The van der Waals surface area contributed by atoms with Gasteiger partial charge in [0.2, 0.25) is 0 Å². The summed E-state index contributed by atoms with van der Waals surface area (Å²) in [5.74, 6) is -0.241. The van der Waals surface area contributed by atoms with Crippen LogP contribution in [0.3, 0.4) is 0 Å². The van der Waals surface area contributed by atoms with E-state index in [-0.39, 0.29) is 6.03 Å². The number of urea groups is 1. The van der Waals surface area contributed by atoms with Crippen LogP contribution in [0, 0.1) is 5.92 Å². The molecule has 2 fully saturated rings. The van der Waals surface area contributed by atoms with Gasteiger partial charge in [0.15, 0.2) is 0 Å². The molecule has 3 atom stereocenters. The minimum absolute atomic E-state index is 0.00591. The van der Waals surface area contributed by atoms with E-state index < -0.39 is 12.0 Å². The van der Waals surface area contributed by atoms with Crippen LogP contribution in [-0.2, 0) is 4.79 Å². The molecule has 20 heavy (non-hydrogen) atoms. The highest BCUT2D eigenvalue weighted by Crippen LogP contribution is 2.25. The molecule has 1 aliphatic carbocycles. The molecule has 3 unspecified atom stereocenters. The molecule has 2 N–H and O–H groups in total. The predicted octanol–water partition coefficient (Wildman–Crippen LogP) is 0.975. The Bertz CT molecular complexity index is 367. The molecule has 1 aliphatic heterocycles. The lowest BCUT2D eigenvalue weighted by atomic mass is 10.1. The molecule has 6 heteroatoms. The monoisotopic (exact) mass is 283 g/mol. The Balaban J connectivity index is 1.78. The average molecular weight is 283 g/mol. The van der Waals surface area contributed by atoms with Gasteiger partial charge in [-0.1, -0.05) is 13.3 Å². The van der Waals surface area contributed by atoms with Gasteiger partial charge in [-0.3, -0.25) is 9.69 Å². The van der Waals surface area contributed by atoms with Gasteiger partial charge in [-0.05, 0) is 25.7 Å². The Morgan fingerprint density at radius 2 is 1.85 bits per heavy atom. The van der Waals surface area contributed by atoms with Gasteiger partial charge in [0.1, 0.15) is 6.04 Å². The van der Waals surface area contributed by atoms with E-state index in [2.05, 4.69) is 12.2 Å². The first kappa shape index (κ1) is 15.1. The maximum absolute atomic E-state index is 12.2. The summed E-state index contributed by atoms with van der Waals surface area (Å²) >= 11 is 0. The number of nitrogens with one attached hydrogen (secondary N) is 1. The summed E-state index contributed by atoms with van der Waals surface area (Å²) in [6.45, 7) is 6.33. The van der Waals surface area contributed by atoms with Gasteiger partial charge in [0.25, 0.3) is 0 Å². The highest BCUT2D eigenvalue weighted by Gasteiger charge is 2.30. The zero-order valence-electron chi connectivity index (χ0n) is 12.3. The molecule has 0 aromatic heterocycles. The van der Waals surface area contributed by atoms with Crippen LogP contribution >= 0.6 is 0 Å². The van der Waals surface area contributed by atoms with Gasteiger partial charge in [0, 0.05) is 32.2 Å². The Kier molecular flexibility index (Phi) is 4.86. The van der Waals surface area contributed by atoms with Gasteiger partial charge >= 0.3 is 12.0 Å². The standard InChI is InChI=1S/C14H25N3O3/c1-10-4-3-5-12(10)15-14(20)17-8-6-16(7-9-17)11(2)13(18)19/h10-12H,3-9H2,1-2H3,(H,15,20)(H,18,19). The second-order valence-electron chi connectivity index (χ2n) is 6.00. The summed E-state index contributed by atoms with van der Waals surface area (Å²) in [6.07, 6.45) is 3.45. The second-order valence-corrected chi connectivity index (χ2v) is 6.00. The first-order valence-electron chi connectivity index (χ1n) is 7.51. The molecule has 1 saturated heterocycles. The number of nitrogens with zero attached hydrogens (tertiary/aromatic N) is 2. The number of aliphatic carboxylic acids is 1. The van der Waals surface area contributed by atoms with Crippen molar-refractivity contribution < 1.29 is 14.7 Å². The number of carboxylic acids is 1. The summed E-state index contributed by atoms with van der Waals surface area (Å²) in [5.41, 5.74) is 0. The van der Waals surface area contributed by atoms with Crippen molar-refractivity contribution in [1.29, 1.82) is 0 Å². The average Bonchev–Trinajstić information content (AvgIpc) is 2.83. The van der Waals surface area contributed by atoms with E-state index in [0.717, 1.165) is 6.42 Å². The Labute approximate surface area is 120 Å². The summed E-state index contributed by atoms with van der Waals surface area (Å²) < 4.78 is 0. The van der Waals surface area contributed by atoms with Crippen LogP contribution < -0.4 is 5.32 Å². The van der Waals surface area contributed by atoms with Crippen molar-refractivity contribution in [2.45, 2.75) is 45.2 Å². The quantitative estimate of drug-likeness (QED) is 0.809. The van der Waals surface area contributed by atoms with Crippen LogP contribution in [0.2, 0.25) is 0 Å². The van der Waals surface area contributed by atoms with Crippen molar-refractivity contribution in [3.8, 4) is 0 Å². The van der Waals surface area contributed by atoms with Crippen LogP contribution in [-0.4, -0.2) is 65.2 Å². The third-order valence-corrected chi connectivity index (χ3v) is 4.68. The fraction of sp³-hybridized carbons (Fsp3) is 0.857. The van der Waals surface area contributed by atoms with Crippen molar-refractivity contribution in [1.82, 2.24) is 15.1 Å². The maximum atomic E-state index is 12.2. The molecule has 0 spiro atoms. The highest BCUT2D eigenvalue weighted by molar-refractivity contribution is 5.75. The number of rotatable bonds is 3. The topological polar surface area (TPSA) is 72.9 Å². The van der Waals surface area contributed by atoms with E-state index in [1.165, 1.54) is 12.8 Å². The normalized spacial score (nSPS) is 29.2. The van der Waals surface area contributed by atoms with Gasteiger partial charge in [-0.25, -0.2) is 4.79 Å². The molecule has 114 valence electrons. The number of hydrogen-bond donors (Lipinski definition) is 2. The van der Waals surface area contributed by atoms with E-state index in [1.807, 2.05) is 4.90 Å². The SMILES string of the molecule is CC1CCCC1NC(=O)N1CCN(C(C)C(=O)O)CC1. The Morgan fingerprint density at radius 3 is 2.35 bits per heavy atom. The summed E-state index contributed by atoms with van der Waals surface area (Å²) in [7, 11) is 0. The van der Waals surface area contributed by atoms with E-state index >= 15 is 0 Å². The zero-order valence-corrected chi connectivity index (χ0v) is 12.3. The first-order valence-corrected chi connectivity index (χ1v) is 7.51. The zero-order chi connectivity index (χ0) is 14.7. The van der Waals surface area contributed by atoms with Crippen molar-refractivity contribution >= 4 is 12.0 Å². The van der Waals surface area contributed by atoms with Crippen LogP contribution in [0.15, 0.2) is 0 Å². The Morgan fingerprint density at radius 1 is 1.20 bits per heavy atom. The third-order valence-electron chi connectivity index (χ3n) is 4.68. The predicted molar refractivity (Wildman–Crippen MR) is 75.6 cm³/mol. The molecule has 0 bridgehead atoms. The minimum atomic E-state index is -0.803. The first-order chi connectivity index (χ1) is 9.49. The lowest BCUT2D eigenvalue weighted by Crippen LogP contribution is -2.56. The maximum Gasteiger partial charge on any atom is 0.320 e. The van der Waals surface area contributed by atoms with Crippen LogP contribution in [0.5, 0.6) is 0 Å². The van der Waals surface area contributed by atoms with E-state index in [9.17, 15) is 9.59 Å². The van der Waals surface area contributed by atoms with E-state index in [1.54, 1.807) is 11.8 Å². The lowest BCUT2D eigenvalue weighted by molar-refractivity contribution is -0.143. The number of hydrogen-bond acceptors (Lipinski definition) is 3. The number of piperazine rings is 1. The van der Waals surface area contributed by atoms with Crippen LogP contribution in [0.1, 0.15) is 33.1 Å². The summed E-state index contributed by atoms with van der Waals surface area (Å²) in [6, 6.07) is -0.167. The highest BCUT2D eigenvalue weighted by atomic mass is 16.4.